The molecule has 0 aliphatic rings. The normalized spacial score (nSPS) is 12.3. The number of aryl methyl sites for hydroxylation is 2. The highest BCUT2D eigenvalue weighted by molar-refractivity contribution is 7.14. The van der Waals surface area contributed by atoms with E-state index in [4.69, 9.17) is 0 Å². The fraction of sp³-hybridized carbons (Fsp3) is 0.286. The van der Waals surface area contributed by atoms with Crippen LogP contribution in [0.4, 0.5) is 5.13 Å². The minimum atomic E-state index is -0.555. The van der Waals surface area contributed by atoms with Crippen LogP contribution in [0.15, 0.2) is 40.6 Å². The monoisotopic (exact) mass is 422 g/mol. The Balaban J connectivity index is 1.63. The van der Waals surface area contributed by atoms with Crippen LogP contribution in [0.2, 0.25) is 0 Å². The van der Waals surface area contributed by atoms with Gasteiger partial charge in [-0.05, 0) is 26.8 Å². The Morgan fingerprint density at radius 2 is 2.00 bits per heavy atom. The molecule has 1 N–H and O–H groups in total. The number of rotatable bonds is 5. The van der Waals surface area contributed by atoms with Crippen LogP contribution in [0, 0.1) is 6.92 Å². The van der Waals surface area contributed by atoms with Gasteiger partial charge in [-0.15, -0.1) is 11.3 Å². The number of anilines is 1. The summed E-state index contributed by atoms with van der Waals surface area (Å²) in [5, 5.41) is 15.3. The van der Waals surface area contributed by atoms with Crippen molar-refractivity contribution in [3.05, 3.63) is 57.6 Å². The van der Waals surface area contributed by atoms with Crippen LogP contribution in [-0.2, 0) is 18.4 Å². The highest BCUT2D eigenvalue weighted by atomic mass is 32.1. The van der Waals surface area contributed by atoms with Gasteiger partial charge in [0.05, 0.1) is 28.9 Å². The second-order valence-corrected chi connectivity index (χ2v) is 7.93. The number of aromatic nitrogens is 5. The van der Waals surface area contributed by atoms with E-state index in [2.05, 4.69) is 20.5 Å². The summed E-state index contributed by atoms with van der Waals surface area (Å²) < 4.78 is 3.18. The number of hydrogen-bond acceptors (Lipinski definition) is 6. The van der Waals surface area contributed by atoms with E-state index in [-0.39, 0.29) is 11.5 Å². The van der Waals surface area contributed by atoms with Gasteiger partial charge >= 0.3 is 0 Å². The molecule has 154 valence electrons. The average Bonchev–Trinajstić information content (AvgIpc) is 3.34. The van der Waals surface area contributed by atoms with Gasteiger partial charge in [0.15, 0.2) is 5.13 Å². The molecule has 4 aromatic rings. The first-order valence-corrected chi connectivity index (χ1v) is 10.5. The number of amides is 1. The predicted molar refractivity (Wildman–Crippen MR) is 118 cm³/mol. The summed E-state index contributed by atoms with van der Waals surface area (Å²) in [6.45, 7) is 6.05. The van der Waals surface area contributed by atoms with Crippen molar-refractivity contribution in [1.29, 1.82) is 0 Å². The van der Waals surface area contributed by atoms with Crippen LogP contribution < -0.4 is 10.9 Å². The first-order chi connectivity index (χ1) is 14.4. The molecule has 0 aliphatic heterocycles. The smallest absolute Gasteiger partial charge is 0.274 e. The van der Waals surface area contributed by atoms with Crippen molar-refractivity contribution in [2.24, 2.45) is 7.05 Å². The molecule has 30 heavy (non-hydrogen) atoms. The Morgan fingerprint density at radius 1 is 1.27 bits per heavy atom. The molecule has 0 saturated carbocycles. The zero-order valence-electron chi connectivity index (χ0n) is 17.2. The van der Waals surface area contributed by atoms with Gasteiger partial charge in [0.1, 0.15) is 0 Å². The number of hydrogen-bond donors (Lipinski definition) is 1. The van der Waals surface area contributed by atoms with Crippen molar-refractivity contribution in [1.82, 2.24) is 24.5 Å². The Kier molecular flexibility index (Phi) is 5.21. The topological polar surface area (TPSA) is 94.7 Å². The number of benzene rings is 1. The Hall–Kier alpha value is -3.33. The average molecular weight is 423 g/mol. The minimum Gasteiger partial charge on any atom is -0.301 e. The van der Waals surface area contributed by atoms with Crippen LogP contribution >= 0.6 is 11.3 Å². The molecular formula is C21H22N6O2S. The number of nitrogens with one attached hydrogen (secondary N) is 1. The van der Waals surface area contributed by atoms with Crippen LogP contribution in [0.5, 0.6) is 0 Å². The molecular weight excluding hydrogens is 400 g/mol. The number of fused-ring (bicyclic) bond motifs is 1. The summed E-state index contributed by atoms with van der Waals surface area (Å²) in [4.78, 5) is 30.1. The third-order valence-electron chi connectivity index (χ3n) is 5.24. The highest BCUT2D eigenvalue weighted by Gasteiger charge is 2.23. The first kappa shape index (κ1) is 20.0. The van der Waals surface area contributed by atoms with Gasteiger partial charge in [-0.3, -0.25) is 14.3 Å². The number of thiazole rings is 1. The molecule has 3 heterocycles. The maximum Gasteiger partial charge on any atom is 0.274 e. The molecule has 0 spiro atoms. The van der Waals surface area contributed by atoms with Gasteiger partial charge < -0.3 is 5.32 Å². The summed E-state index contributed by atoms with van der Waals surface area (Å²) in [7, 11) is 1.88. The van der Waals surface area contributed by atoms with Crippen LogP contribution in [0.3, 0.4) is 0 Å². The van der Waals surface area contributed by atoms with Gasteiger partial charge in [0, 0.05) is 35.6 Å². The van der Waals surface area contributed by atoms with E-state index in [9.17, 15) is 9.59 Å². The molecule has 0 saturated heterocycles. The van der Waals surface area contributed by atoms with Crippen molar-refractivity contribution < 1.29 is 4.79 Å². The lowest BCUT2D eigenvalue weighted by Gasteiger charge is -2.14. The van der Waals surface area contributed by atoms with E-state index in [1.54, 1.807) is 23.9 Å². The van der Waals surface area contributed by atoms with Crippen molar-refractivity contribution >= 4 is 33.1 Å². The maximum absolute atomic E-state index is 13.0. The van der Waals surface area contributed by atoms with Crippen molar-refractivity contribution in [2.75, 3.05) is 5.32 Å². The van der Waals surface area contributed by atoms with Gasteiger partial charge in [-0.2, -0.15) is 10.2 Å². The third kappa shape index (κ3) is 3.41. The molecule has 0 radical (unpaired) electrons. The van der Waals surface area contributed by atoms with Crippen LogP contribution in [0.1, 0.15) is 31.2 Å². The van der Waals surface area contributed by atoms with Crippen LogP contribution in [0.25, 0.3) is 22.0 Å². The fourth-order valence-electron chi connectivity index (χ4n) is 3.34. The lowest BCUT2D eigenvalue weighted by Crippen LogP contribution is -2.27. The summed E-state index contributed by atoms with van der Waals surface area (Å²) in [6.07, 6.45) is 1.77. The molecule has 0 fully saturated rings. The molecule has 1 aromatic carbocycles. The predicted octanol–water partition coefficient (Wildman–Crippen LogP) is 3.32. The largest absolute Gasteiger partial charge is 0.301 e. The molecule has 3 aromatic heterocycles. The zero-order chi connectivity index (χ0) is 21.4. The molecule has 0 bridgehead atoms. The first-order valence-electron chi connectivity index (χ1n) is 9.65. The second-order valence-electron chi connectivity index (χ2n) is 7.07. The molecule has 1 atom stereocenters. The van der Waals surface area contributed by atoms with Crippen molar-refractivity contribution in [3.8, 4) is 11.3 Å². The molecule has 8 nitrogen and oxygen atoms in total. The number of carbonyl (C=O) groups excluding carboxylic acids is 1. The van der Waals surface area contributed by atoms with Gasteiger partial charge in [0.25, 0.3) is 5.56 Å². The number of nitrogens with zero attached hydrogens (tertiary/aromatic N) is 5. The van der Waals surface area contributed by atoms with E-state index >= 15 is 0 Å². The summed E-state index contributed by atoms with van der Waals surface area (Å²) >= 11 is 1.36. The third-order valence-corrected chi connectivity index (χ3v) is 6.00. The Bertz CT molecular complexity index is 1300. The lowest BCUT2D eigenvalue weighted by molar-refractivity contribution is -0.117. The quantitative estimate of drug-likeness (QED) is 0.532. The summed E-state index contributed by atoms with van der Waals surface area (Å²) in [5.74, 6) is -0.779. The second kappa shape index (κ2) is 7.83. The SMILES string of the molecule is CCn1nc([C@@H](C)C(=O)Nc2nc(-c3cnn(C)c3C)cs2)c2ccccc2c1=O. The van der Waals surface area contributed by atoms with Gasteiger partial charge in [0.2, 0.25) is 5.91 Å². The fourth-order valence-corrected chi connectivity index (χ4v) is 4.05. The van der Waals surface area contributed by atoms with E-state index in [0.29, 0.717) is 28.1 Å². The summed E-state index contributed by atoms with van der Waals surface area (Å²) in [6, 6.07) is 7.26. The summed E-state index contributed by atoms with van der Waals surface area (Å²) in [5.41, 5.74) is 3.14. The highest BCUT2D eigenvalue weighted by Crippen LogP contribution is 2.28. The minimum absolute atomic E-state index is 0.152. The van der Waals surface area contributed by atoms with E-state index < -0.39 is 5.92 Å². The molecule has 0 unspecified atom stereocenters. The van der Waals surface area contributed by atoms with E-state index in [1.165, 1.54) is 16.0 Å². The van der Waals surface area contributed by atoms with Crippen molar-refractivity contribution in [2.45, 2.75) is 33.2 Å². The lowest BCUT2D eigenvalue weighted by atomic mass is 10.0. The van der Waals surface area contributed by atoms with E-state index in [0.717, 1.165) is 17.0 Å². The molecule has 0 aliphatic carbocycles. The van der Waals surface area contributed by atoms with Crippen molar-refractivity contribution in [3.63, 3.8) is 0 Å². The van der Waals surface area contributed by atoms with E-state index in [1.807, 2.05) is 44.5 Å². The molecule has 4 rings (SSSR count). The molecule has 9 heteroatoms. The standard InChI is InChI=1S/C21H22N6O2S/c1-5-27-20(29)15-9-7-6-8-14(15)18(25-27)12(2)19(28)24-21-23-17(11-30-21)16-10-22-26(4)13(16)3/h6-12H,5H2,1-4H3,(H,23,24,28)/t12-/m1/s1. The Morgan fingerprint density at radius 3 is 2.67 bits per heavy atom. The van der Waals surface area contributed by atoms with Crippen LogP contribution in [-0.4, -0.2) is 30.5 Å². The Labute approximate surface area is 177 Å². The zero-order valence-corrected chi connectivity index (χ0v) is 18.0. The number of carbonyl (C=O) groups is 1. The van der Waals surface area contributed by atoms with Gasteiger partial charge in [-0.1, -0.05) is 18.2 Å². The molecule has 1 amide bonds. The van der Waals surface area contributed by atoms with Gasteiger partial charge in [-0.25, -0.2) is 9.67 Å². The maximum atomic E-state index is 13.0.